The van der Waals surface area contributed by atoms with Gasteiger partial charge in [0.15, 0.2) is 5.82 Å². The van der Waals surface area contributed by atoms with Gasteiger partial charge in [0, 0.05) is 52.0 Å². The molecule has 3 aromatic heterocycles. The zero-order valence-corrected chi connectivity index (χ0v) is 20.8. The molecule has 3 aromatic rings. The number of pyridine rings is 1. The number of aromatic nitrogens is 4. The highest BCUT2D eigenvalue weighted by molar-refractivity contribution is 6.32. The SMILES string of the molecule is C[C@H]1CNCCN1c1ncc(Cl)c(N2CC(C(=O)N(C)C(C)(C)c3cnc4ccccn34)C2)n1. The Kier molecular flexibility index (Phi) is 5.85. The van der Waals surface area contributed by atoms with Gasteiger partial charge in [-0.15, -0.1) is 0 Å². The van der Waals surface area contributed by atoms with Crippen LogP contribution >= 0.6 is 11.6 Å². The van der Waals surface area contributed by atoms with E-state index in [1.807, 2.05) is 46.9 Å². The second kappa shape index (κ2) is 8.70. The lowest BCUT2D eigenvalue weighted by atomic mass is 9.93. The average Bonchev–Trinajstić information content (AvgIpc) is 3.24. The first kappa shape index (κ1) is 22.9. The van der Waals surface area contributed by atoms with Crippen LogP contribution in [0.3, 0.4) is 0 Å². The van der Waals surface area contributed by atoms with Gasteiger partial charge in [-0.3, -0.25) is 4.79 Å². The number of hydrogen-bond acceptors (Lipinski definition) is 7. The quantitative estimate of drug-likeness (QED) is 0.598. The third-order valence-corrected chi connectivity index (χ3v) is 7.48. The lowest BCUT2D eigenvalue weighted by Crippen LogP contribution is -2.57. The Morgan fingerprint density at radius 1 is 1.24 bits per heavy atom. The zero-order valence-electron chi connectivity index (χ0n) is 20.1. The van der Waals surface area contributed by atoms with Gasteiger partial charge in [-0.2, -0.15) is 4.98 Å². The monoisotopic (exact) mass is 482 g/mol. The third-order valence-electron chi connectivity index (χ3n) is 7.21. The summed E-state index contributed by atoms with van der Waals surface area (Å²) in [7, 11) is 1.87. The van der Waals surface area contributed by atoms with Crippen LogP contribution in [0.5, 0.6) is 0 Å². The molecule has 0 bridgehead atoms. The first-order valence-corrected chi connectivity index (χ1v) is 12.1. The molecule has 2 aliphatic heterocycles. The lowest BCUT2D eigenvalue weighted by molar-refractivity contribution is -0.140. The molecule has 0 saturated carbocycles. The van der Waals surface area contributed by atoms with E-state index >= 15 is 0 Å². The largest absolute Gasteiger partial charge is 0.353 e. The summed E-state index contributed by atoms with van der Waals surface area (Å²) in [6.07, 6.45) is 5.51. The highest BCUT2D eigenvalue weighted by Crippen LogP contribution is 2.34. The van der Waals surface area contributed by atoms with Crippen molar-refractivity contribution in [1.29, 1.82) is 0 Å². The van der Waals surface area contributed by atoms with Gasteiger partial charge in [-0.1, -0.05) is 17.7 Å². The molecule has 9 nitrogen and oxygen atoms in total. The fourth-order valence-electron chi connectivity index (χ4n) is 4.76. The molecule has 2 aliphatic rings. The van der Waals surface area contributed by atoms with E-state index in [4.69, 9.17) is 16.6 Å². The van der Waals surface area contributed by atoms with Gasteiger partial charge in [-0.25, -0.2) is 9.97 Å². The van der Waals surface area contributed by atoms with Crippen molar-refractivity contribution in [3.05, 3.63) is 47.5 Å². The van der Waals surface area contributed by atoms with E-state index in [1.54, 1.807) is 6.20 Å². The fourth-order valence-corrected chi connectivity index (χ4v) is 4.97. The van der Waals surface area contributed by atoms with Gasteiger partial charge in [0.25, 0.3) is 0 Å². The number of rotatable bonds is 5. The minimum Gasteiger partial charge on any atom is -0.353 e. The first-order chi connectivity index (χ1) is 16.3. The normalized spacial score (nSPS) is 19.4. The molecule has 0 unspecified atom stereocenters. The van der Waals surface area contributed by atoms with E-state index in [9.17, 15) is 4.79 Å². The molecule has 0 aliphatic carbocycles. The molecule has 0 aromatic carbocycles. The van der Waals surface area contributed by atoms with Crippen LogP contribution in [-0.4, -0.2) is 76.0 Å². The Bertz CT molecular complexity index is 1200. The second-order valence-corrected chi connectivity index (χ2v) is 10.1. The Labute approximate surface area is 204 Å². The lowest BCUT2D eigenvalue weighted by Gasteiger charge is -2.44. The molecule has 1 N–H and O–H groups in total. The number of fused-ring (bicyclic) bond motifs is 1. The van der Waals surface area contributed by atoms with Crippen LogP contribution in [-0.2, 0) is 10.3 Å². The van der Waals surface area contributed by atoms with Crippen molar-refractivity contribution in [2.24, 2.45) is 5.92 Å². The molecule has 2 saturated heterocycles. The summed E-state index contributed by atoms with van der Waals surface area (Å²) < 4.78 is 2.04. The second-order valence-electron chi connectivity index (χ2n) is 9.72. The van der Waals surface area contributed by atoms with Crippen LogP contribution < -0.4 is 15.1 Å². The van der Waals surface area contributed by atoms with Crippen molar-refractivity contribution in [1.82, 2.24) is 29.6 Å². The maximum Gasteiger partial charge on any atom is 0.229 e. The fraction of sp³-hybridized carbons (Fsp3) is 0.500. The predicted octanol–water partition coefficient (Wildman–Crippen LogP) is 2.41. The van der Waals surface area contributed by atoms with Gasteiger partial charge >= 0.3 is 0 Å². The van der Waals surface area contributed by atoms with Gasteiger partial charge in [0.1, 0.15) is 10.7 Å². The molecule has 0 spiro atoms. The van der Waals surface area contributed by atoms with Crippen molar-refractivity contribution in [2.75, 3.05) is 49.6 Å². The summed E-state index contributed by atoms with van der Waals surface area (Å²) >= 11 is 6.46. The van der Waals surface area contributed by atoms with E-state index in [0.29, 0.717) is 35.9 Å². The molecule has 0 radical (unpaired) electrons. The van der Waals surface area contributed by atoms with E-state index in [2.05, 4.69) is 45.9 Å². The summed E-state index contributed by atoms with van der Waals surface area (Å²) in [5.74, 6) is 1.38. The van der Waals surface area contributed by atoms with Crippen molar-refractivity contribution < 1.29 is 4.79 Å². The first-order valence-electron chi connectivity index (χ1n) is 11.7. The minimum absolute atomic E-state index is 0.105. The van der Waals surface area contributed by atoms with Crippen LogP contribution in [0.1, 0.15) is 26.5 Å². The van der Waals surface area contributed by atoms with E-state index < -0.39 is 5.54 Å². The van der Waals surface area contributed by atoms with Crippen LogP contribution in [0.2, 0.25) is 5.02 Å². The predicted molar refractivity (Wildman–Crippen MR) is 133 cm³/mol. The van der Waals surface area contributed by atoms with Crippen molar-refractivity contribution in [3.8, 4) is 0 Å². The van der Waals surface area contributed by atoms with E-state index in [-0.39, 0.29) is 11.8 Å². The number of carbonyl (C=O) groups is 1. The number of nitrogens with zero attached hydrogens (tertiary/aromatic N) is 7. The Hall–Kier alpha value is -2.91. The molecular weight excluding hydrogens is 452 g/mol. The molecule has 180 valence electrons. The van der Waals surface area contributed by atoms with Crippen molar-refractivity contribution >= 4 is 34.9 Å². The highest BCUT2D eigenvalue weighted by atomic mass is 35.5. The molecule has 34 heavy (non-hydrogen) atoms. The smallest absolute Gasteiger partial charge is 0.229 e. The molecule has 10 heteroatoms. The van der Waals surface area contributed by atoms with Crippen LogP contribution in [0.15, 0.2) is 36.8 Å². The molecular formula is C24H31ClN8O. The Balaban J connectivity index is 1.29. The van der Waals surface area contributed by atoms with Gasteiger partial charge < -0.3 is 24.4 Å². The summed E-state index contributed by atoms with van der Waals surface area (Å²) in [6.45, 7) is 10.1. The number of hydrogen-bond donors (Lipinski definition) is 1. The van der Waals surface area contributed by atoms with Crippen molar-refractivity contribution in [3.63, 3.8) is 0 Å². The van der Waals surface area contributed by atoms with E-state index in [0.717, 1.165) is 31.0 Å². The number of halogens is 1. The maximum atomic E-state index is 13.4. The van der Waals surface area contributed by atoms with Crippen LogP contribution in [0.4, 0.5) is 11.8 Å². The van der Waals surface area contributed by atoms with E-state index in [1.165, 1.54) is 0 Å². The molecule has 5 rings (SSSR count). The number of piperazine rings is 1. The average molecular weight is 483 g/mol. The number of amides is 1. The number of carbonyl (C=O) groups excluding carboxylic acids is 1. The number of imidazole rings is 1. The molecule has 1 atom stereocenters. The van der Waals surface area contributed by atoms with Gasteiger partial charge in [0.2, 0.25) is 11.9 Å². The standard InChI is InChI=1S/C24H31ClN8O/c1-16-11-26-8-10-32(16)23-28-12-18(25)21(29-23)31-14-17(15-31)22(34)30(4)24(2,3)19-13-27-20-7-5-6-9-33(19)20/h5-7,9,12-13,16-17,26H,8,10-11,14-15H2,1-4H3/t16-/m0/s1. The van der Waals surface area contributed by atoms with Crippen molar-refractivity contribution in [2.45, 2.75) is 32.4 Å². The number of anilines is 2. The summed E-state index contributed by atoms with van der Waals surface area (Å²) in [6, 6.07) is 6.21. The highest BCUT2D eigenvalue weighted by Gasteiger charge is 2.41. The molecule has 2 fully saturated rings. The molecule has 5 heterocycles. The maximum absolute atomic E-state index is 13.4. The van der Waals surface area contributed by atoms with Crippen LogP contribution in [0, 0.1) is 5.92 Å². The summed E-state index contributed by atoms with van der Waals surface area (Å²) in [4.78, 5) is 33.3. The Morgan fingerprint density at radius 3 is 2.79 bits per heavy atom. The Morgan fingerprint density at radius 2 is 2.03 bits per heavy atom. The third kappa shape index (κ3) is 3.86. The number of nitrogens with one attached hydrogen (secondary N) is 1. The minimum atomic E-state index is -0.517. The van der Waals surface area contributed by atoms with Crippen LogP contribution in [0.25, 0.3) is 5.65 Å². The molecule has 1 amide bonds. The summed E-state index contributed by atoms with van der Waals surface area (Å²) in [5.41, 5.74) is 1.33. The zero-order chi connectivity index (χ0) is 24.0. The van der Waals surface area contributed by atoms with Gasteiger partial charge in [-0.05, 0) is 32.9 Å². The summed E-state index contributed by atoms with van der Waals surface area (Å²) in [5, 5.41) is 3.90. The van der Waals surface area contributed by atoms with Gasteiger partial charge in [0.05, 0.1) is 29.5 Å². The topological polar surface area (TPSA) is 81.9 Å².